The Morgan fingerprint density at radius 2 is 2.14 bits per heavy atom. The van der Waals surface area contributed by atoms with Crippen LogP contribution >= 0.6 is 0 Å². The lowest BCUT2D eigenvalue weighted by atomic mass is 10.1. The standard InChI is InChI=1S/C15H23N5O/c1-12(13-11-17-4-5-18-13)20-8-2-3-14(20)15(21)19-9-6-16-7-10-19/h4-5,11-12,14,16H,2-3,6-10H2,1H3. The lowest BCUT2D eigenvalue weighted by molar-refractivity contribution is -0.137. The van der Waals surface area contributed by atoms with Gasteiger partial charge < -0.3 is 10.2 Å². The topological polar surface area (TPSA) is 61.4 Å². The summed E-state index contributed by atoms with van der Waals surface area (Å²) in [7, 11) is 0. The number of nitrogens with zero attached hydrogens (tertiary/aromatic N) is 4. The van der Waals surface area contributed by atoms with Crippen LogP contribution in [0.4, 0.5) is 0 Å². The van der Waals surface area contributed by atoms with E-state index in [1.165, 1.54) is 0 Å². The average molecular weight is 289 g/mol. The van der Waals surface area contributed by atoms with Gasteiger partial charge in [0.15, 0.2) is 0 Å². The molecule has 2 aliphatic rings. The van der Waals surface area contributed by atoms with Crippen LogP contribution in [0, 0.1) is 0 Å². The number of rotatable bonds is 3. The molecule has 1 N–H and O–H groups in total. The molecule has 0 radical (unpaired) electrons. The molecule has 2 unspecified atom stereocenters. The molecule has 1 aromatic heterocycles. The third kappa shape index (κ3) is 3.06. The predicted octanol–water partition coefficient (Wildman–Crippen LogP) is 0.434. The second-order valence-corrected chi connectivity index (χ2v) is 5.78. The number of hydrogen-bond acceptors (Lipinski definition) is 5. The van der Waals surface area contributed by atoms with Crippen LogP contribution in [0.3, 0.4) is 0 Å². The first kappa shape index (κ1) is 14.4. The van der Waals surface area contributed by atoms with Crippen molar-refractivity contribution < 1.29 is 4.79 Å². The fourth-order valence-electron chi connectivity index (χ4n) is 3.31. The molecule has 0 spiro atoms. The van der Waals surface area contributed by atoms with Crippen LogP contribution in [0.2, 0.25) is 0 Å². The van der Waals surface area contributed by atoms with E-state index in [-0.39, 0.29) is 18.0 Å². The van der Waals surface area contributed by atoms with Gasteiger partial charge in [-0.25, -0.2) is 0 Å². The van der Waals surface area contributed by atoms with Crippen molar-refractivity contribution in [2.75, 3.05) is 32.7 Å². The van der Waals surface area contributed by atoms with Crippen LogP contribution in [0.1, 0.15) is 31.5 Å². The Balaban J connectivity index is 1.71. The van der Waals surface area contributed by atoms with E-state index < -0.39 is 0 Å². The van der Waals surface area contributed by atoms with Gasteiger partial charge in [-0.15, -0.1) is 0 Å². The monoisotopic (exact) mass is 289 g/mol. The highest BCUT2D eigenvalue weighted by Crippen LogP contribution is 2.29. The van der Waals surface area contributed by atoms with Crippen LogP contribution in [0.5, 0.6) is 0 Å². The number of hydrogen-bond donors (Lipinski definition) is 1. The quantitative estimate of drug-likeness (QED) is 0.874. The zero-order valence-corrected chi connectivity index (χ0v) is 12.5. The summed E-state index contributed by atoms with van der Waals surface area (Å²) in [6.45, 7) is 6.52. The summed E-state index contributed by atoms with van der Waals surface area (Å²) in [6.07, 6.45) is 7.23. The fourth-order valence-corrected chi connectivity index (χ4v) is 3.31. The average Bonchev–Trinajstić information content (AvgIpc) is 3.04. The van der Waals surface area contributed by atoms with Crippen molar-refractivity contribution in [2.45, 2.75) is 31.8 Å². The van der Waals surface area contributed by atoms with E-state index >= 15 is 0 Å². The highest BCUT2D eigenvalue weighted by Gasteiger charge is 2.37. The normalized spacial score (nSPS) is 25.0. The van der Waals surface area contributed by atoms with E-state index in [0.717, 1.165) is 51.3 Å². The molecular formula is C15H23N5O. The highest BCUT2D eigenvalue weighted by molar-refractivity contribution is 5.82. The van der Waals surface area contributed by atoms with Gasteiger partial charge in [0, 0.05) is 44.8 Å². The van der Waals surface area contributed by atoms with Gasteiger partial charge in [0.1, 0.15) is 0 Å². The van der Waals surface area contributed by atoms with Gasteiger partial charge in [-0.2, -0.15) is 0 Å². The number of nitrogens with one attached hydrogen (secondary N) is 1. The van der Waals surface area contributed by atoms with E-state index in [9.17, 15) is 4.79 Å². The van der Waals surface area contributed by atoms with E-state index in [1.54, 1.807) is 18.6 Å². The van der Waals surface area contributed by atoms with Crippen molar-refractivity contribution in [3.8, 4) is 0 Å². The molecule has 21 heavy (non-hydrogen) atoms. The van der Waals surface area contributed by atoms with Crippen molar-refractivity contribution in [2.24, 2.45) is 0 Å². The molecule has 1 aromatic rings. The fraction of sp³-hybridized carbons (Fsp3) is 0.667. The minimum absolute atomic E-state index is 0.0000983. The summed E-state index contributed by atoms with van der Waals surface area (Å²) in [4.78, 5) is 25.6. The maximum atomic E-state index is 12.8. The predicted molar refractivity (Wildman–Crippen MR) is 79.6 cm³/mol. The molecule has 0 bridgehead atoms. The smallest absolute Gasteiger partial charge is 0.240 e. The Labute approximate surface area is 125 Å². The number of carbonyl (C=O) groups excluding carboxylic acids is 1. The van der Waals surface area contributed by atoms with Crippen LogP contribution < -0.4 is 5.32 Å². The molecule has 0 aromatic carbocycles. The third-order valence-corrected chi connectivity index (χ3v) is 4.52. The Morgan fingerprint density at radius 1 is 1.33 bits per heavy atom. The van der Waals surface area contributed by atoms with Crippen LogP contribution in [0.15, 0.2) is 18.6 Å². The summed E-state index contributed by atoms with van der Waals surface area (Å²) in [5.41, 5.74) is 0.942. The van der Waals surface area contributed by atoms with Crippen molar-refractivity contribution in [1.29, 1.82) is 0 Å². The van der Waals surface area contributed by atoms with Gasteiger partial charge in [0.05, 0.1) is 17.8 Å². The summed E-state index contributed by atoms with van der Waals surface area (Å²) in [5.74, 6) is 0.282. The minimum Gasteiger partial charge on any atom is -0.339 e. The largest absolute Gasteiger partial charge is 0.339 e. The van der Waals surface area contributed by atoms with Crippen LogP contribution in [-0.2, 0) is 4.79 Å². The number of aromatic nitrogens is 2. The number of piperazine rings is 1. The maximum absolute atomic E-state index is 12.8. The first-order chi connectivity index (χ1) is 10.3. The van der Waals surface area contributed by atoms with E-state index in [4.69, 9.17) is 0 Å². The lowest BCUT2D eigenvalue weighted by Crippen LogP contribution is -2.52. The van der Waals surface area contributed by atoms with Crippen LogP contribution in [-0.4, -0.2) is 64.4 Å². The minimum atomic E-state index is 0.0000983. The molecule has 2 atom stereocenters. The Kier molecular flexibility index (Phi) is 4.45. The number of likely N-dealkylation sites (tertiary alicyclic amines) is 1. The second-order valence-electron chi connectivity index (χ2n) is 5.78. The van der Waals surface area contributed by atoms with E-state index in [1.807, 2.05) is 4.90 Å². The summed E-state index contributed by atoms with van der Waals surface area (Å²) >= 11 is 0. The summed E-state index contributed by atoms with van der Waals surface area (Å²) in [5, 5.41) is 3.29. The molecule has 6 nitrogen and oxygen atoms in total. The molecule has 114 valence electrons. The van der Waals surface area contributed by atoms with Gasteiger partial charge in [-0.05, 0) is 26.3 Å². The van der Waals surface area contributed by atoms with Gasteiger partial charge in [0.2, 0.25) is 5.91 Å². The summed E-state index contributed by atoms with van der Waals surface area (Å²) < 4.78 is 0. The highest BCUT2D eigenvalue weighted by atomic mass is 16.2. The first-order valence-electron chi connectivity index (χ1n) is 7.78. The molecule has 3 heterocycles. The van der Waals surface area contributed by atoms with Crippen LogP contribution in [0.25, 0.3) is 0 Å². The molecular weight excluding hydrogens is 266 g/mol. The molecule has 2 saturated heterocycles. The maximum Gasteiger partial charge on any atom is 0.240 e. The Morgan fingerprint density at radius 3 is 2.86 bits per heavy atom. The zero-order valence-electron chi connectivity index (χ0n) is 12.5. The zero-order chi connectivity index (χ0) is 14.7. The Hall–Kier alpha value is -1.53. The molecule has 2 aliphatic heterocycles. The molecule has 0 aliphatic carbocycles. The SMILES string of the molecule is CC(c1cnccn1)N1CCCC1C(=O)N1CCNCC1. The van der Waals surface area contributed by atoms with Gasteiger partial charge >= 0.3 is 0 Å². The first-order valence-corrected chi connectivity index (χ1v) is 7.78. The van der Waals surface area contributed by atoms with Crippen molar-refractivity contribution >= 4 is 5.91 Å². The molecule has 1 amide bonds. The second kappa shape index (κ2) is 6.49. The van der Waals surface area contributed by atoms with Crippen molar-refractivity contribution in [3.63, 3.8) is 0 Å². The number of amides is 1. The molecule has 6 heteroatoms. The van der Waals surface area contributed by atoms with E-state index in [0.29, 0.717) is 0 Å². The molecule has 3 rings (SSSR count). The molecule has 0 saturated carbocycles. The van der Waals surface area contributed by atoms with E-state index in [2.05, 4.69) is 27.1 Å². The summed E-state index contributed by atoms with van der Waals surface area (Å²) in [6, 6.07) is 0.137. The molecule has 2 fully saturated rings. The third-order valence-electron chi connectivity index (χ3n) is 4.52. The van der Waals surface area contributed by atoms with Gasteiger partial charge in [-0.3, -0.25) is 19.7 Å². The van der Waals surface area contributed by atoms with Gasteiger partial charge in [-0.1, -0.05) is 0 Å². The number of carbonyl (C=O) groups is 1. The van der Waals surface area contributed by atoms with Gasteiger partial charge in [0.25, 0.3) is 0 Å². The Bertz CT molecular complexity index is 474. The van der Waals surface area contributed by atoms with Crippen molar-refractivity contribution in [3.05, 3.63) is 24.3 Å². The lowest BCUT2D eigenvalue weighted by Gasteiger charge is -2.35. The van der Waals surface area contributed by atoms with Crippen molar-refractivity contribution in [1.82, 2.24) is 25.1 Å².